The number of nitrogens with one attached hydrogen (secondary N) is 1. The maximum atomic E-state index is 13.8. The Balaban J connectivity index is 1.39. The predicted octanol–water partition coefficient (Wildman–Crippen LogP) is 6.42. The lowest BCUT2D eigenvalue weighted by Crippen LogP contribution is -2.39. The Morgan fingerprint density at radius 3 is 2.69 bits per heavy atom. The fraction of sp³-hybridized carbons (Fsp3) is 0.364. The topological polar surface area (TPSA) is 139 Å². The number of carbonyl (C=O) groups is 3. The van der Waals surface area contributed by atoms with Crippen molar-refractivity contribution in [2.24, 2.45) is 0 Å². The molecule has 252 valence electrons. The minimum Gasteiger partial charge on any atom is -0.465 e. The molecule has 5 heterocycles. The summed E-state index contributed by atoms with van der Waals surface area (Å²) >= 11 is 0. The number of ether oxygens (including phenoxy) is 2. The van der Waals surface area contributed by atoms with E-state index >= 15 is 0 Å². The highest BCUT2D eigenvalue weighted by Crippen LogP contribution is 2.39. The number of fused-ring (bicyclic) bond motifs is 2. The van der Waals surface area contributed by atoms with E-state index in [4.69, 9.17) is 14.5 Å². The molecule has 1 saturated heterocycles. The molecule has 0 radical (unpaired) electrons. The maximum Gasteiger partial charge on any atom is 0.414 e. The Labute approximate surface area is 273 Å². The van der Waals surface area contributed by atoms with E-state index in [1.165, 1.54) is 24.5 Å². The highest BCUT2D eigenvalue weighted by molar-refractivity contribution is 6.11. The third-order valence-corrected chi connectivity index (χ3v) is 8.06. The van der Waals surface area contributed by atoms with Crippen molar-refractivity contribution in [2.75, 3.05) is 25.1 Å². The van der Waals surface area contributed by atoms with Gasteiger partial charge in [0.2, 0.25) is 0 Å². The molecule has 0 spiro atoms. The lowest BCUT2D eigenvalue weighted by molar-refractivity contribution is 0.00780. The lowest BCUT2D eigenvalue weighted by Gasteiger charge is -2.28. The normalized spacial score (nSPS) is 16.1. The molecule has 2 N–H and O–H groups in total. The van der Waals surface area contributed by atoms with E-state index in [2.05, 4.69) is 10.3 Å². The summed E-state index contributed by atoms with van der Waals surface area (Å²) in [5.74, 6) is -1.08. The van der Waals surface area contributed by atoms with Crippen LogP contribution in [0, 0.1) is 5.82 Å². The number of aromatic nitrogens is 3. The third kappa shape index (κ3) is 6.63. The van der Waals surface area contributed by atoms with Crippen LogP contribution in [0.4, 0.5) is 34.3 Å². The van der Waals surface area contributed by atoms with Gasteiger partial charge in [-0.05, 0) is 56.5 Å². The molecule has 4 aromatic rings. The summed E-state index contributed by atoms with van der Waals surface area (Å²) in [7, 11) is 0. The summed E-state index contributed by atoms with van der Waals surface area (Å²) in [4.78, 5) is 49.1. The first-order valence-electron chi connectivity index (χ1n) is 15.2. The van der Waals surface area contributed by atoms with E-state index in [-0.39, 0.29) is 36.1 Å². The summed E-state index contributed by atoms with van der Waals surface area (Å²) < 4.78 is 53.7. The second-order valence-electron chi connectivity index (χ2n) is 12.6. The molecule has 1 aromatic carbocycles. The number of amides is 3. The van der Waals surface area contributed by atoms with Gasteiger partial charge in [-0.15, -0.1) is 0 Å². The van der Waals surface area contributed by atoms with Crippen LogP contribution in [-0.4, -0.2) is 79.2 Å². The van der Waals surface area contributed by atoms with Crippen LogP contribution < -0.4 is 5.32 Å². The first kappa shape index (κ1) is 32.7. The number of alkyl halides is 2. The van der Waals surface area contributed by atoms with Gasteiger partial charge in [0.25, 0.3) is 12.3 Å². The molecule has 2 aliphatic rings. The van der Waals surface area contributed by atoms with E-state index in [9.17, 15) is 32.7 Å². The number of benzene rings is 1. The largest absolute Gasteiger partial charge is 0.465 e. The molecule has 2 aliphatic heterocycles. The number of imidazole rings is 1. The molecule has 1 fully saturated rings. The van der Waals surface area contributed by atoms with Gasteiger partial charge in [0.1, 0.15) is 22.9 Å². The van der Waals surface area contributed by atoms with Crippen LogP contribution in [-0.2, 0) is 22.6 Å². The zero-order valence-corrected chi connectivity index (χ0v) is 26.4. The molecule has 15 heteroatoms. The van der Waals surface area contributed by atoms with Crippen LogP contribution in [0.1, 0.15) is 60.3 Å². The van der Waals surface area contributed by atoms with Gasteiger partial charge in [-0.25, -0.2) is 37.6 Å². The van der Waals surface area contributed by atoms with Crippen LogP contribution in [0.3, 0.4) is 0 Å². The number of rotatable bonds is 8. The molecule has 0 saturated carbocycles. The Kier molecular flexibility index (Phi) is 8.72. The van der Waals surface area contributed by atoms with E-state index < -0.39 is 42.5 Å². The van der Waals surface area contributed by atoms with Gasteiger partial charge in [-0.2, -0.15) is 0 Å². The first-order valence-corrected chi connectivity index (χ1v) is 15.2. The first-order chi connectivity index (χ1) is 22.8. The van der Waals surface area contributed by atoms with Crippen LogP contribution in [0.2, 0.25) is 0 Å². The van der Waals surface area contributed by atoms with Crippen molar-refractivity contribution in [1.29, 1.82) is 0 Å². The highest BCUT2D eigenvalue weighted by atomic mass is 19.3. The molecule has 48 heavy (non-hydrogen) atoms. The SMILES string of the molecule is CC(C)(C)OC(=O)N(Cc1nc(Nc2ccc(-c3cnc4cc(F)ccn34)c3c2C(=O)N(C(=O)O)C3)ccc1C1CCOC1)CC(F)F. The molecule has 1 atom stereocenters. The molecular weight excluding hydrogens is 633 g/mol. The van der Waals surface area contributed by atoms with Crippen molar-refractivity contribution >= 4 is 35.2 Å². The summed E-state index contributed by atoms with van der Waals surface area (Å²) in [5, 5.41) is 12.9. The number of hydrogen-bond acceptors (Lipinski definition) is 8. The van der Waals surface area contributed by atoms with E-state index in [1.807, 2.05) is 0 Å². The molecule has 0 bridgehead atoms. The van der Waals surface area contributed by atoms with Gasteiger partial charge < -0.3 is 19.9 Å². The number of carbonyl (C=O) groups excluding carboxylic acids is 2. The van der Waals surface area contributed by atoms with E-state index in [0.717, 1.165) is 10.5 Å². The average Bonchev–Trinajstić information content (AvgIpc) is 3.76. The average molecular weight is 667 g/mol. The summed E-state index contributed by atoms with van der Waals surface area (Å²) in [6, 6.07) is 9.25. The van der Waals surface area contributed by atoms with Crippen molar-refractivity contribution in [2.45, 2.75) is 58.2 Å². The zero-order valence-electron chi connectivity index (χ0n) is 26.4. The monoisotopic (exact) mass is 666 g/mol. The minimum atomic E-state index is -2.83. The smallest absolute Gasteiger partial charge is 0.414 e. The molecule has 3 amide bonds. The summed E-state index contributed by atoms with van der Waals surface area (Å²) in [6.07, 6.45) is -1.49. The number of nitrogens with zero attached hydrogens (tertiary/aromatic N) is 5. The Morgan fingerprint density at radius 2 is 2.00 bits per heavy atom. The molecule has 12 nitrogen and oxygen atoms in total. The fourth-order valence-electron chi connectivity index (χ4n) is 5.95. The van der Waals surface area contributed by atoms with Crippen molar-refractivity contribution in [3.63, 3.8) is 0 Å². The van der Waals surface area contributed by atoms with Gasteiger partial charge in [-0.3, -0.25) is 14.1 Å². The van der Waals surface area contributed by atoms with Crippen molar-refractivity contribution in [3.05, 3.63) is 77.0 Å². The number of carboxylic acid groups (broad SMARTS) is 1. The standard InChI is InChI=1S/C33H33F3N6O6/c1-33(2,3)48-32(46)40(16-26(35)36)15-24-20(18-9-11-47-17-18)5-7-27(39-24)38-23-6-4-21(22-14-42(31(44)45)30(43)29(22)23)25-13-37-28-12-19(34)8-10-41(25)28/h4-8,10,12-13,18,26H,9,11,14-17H2,1-3H3,(H,38,39)(H,44,45). The van der Waals surface area contributed by atoms with Crippen molar-refractivity contribution < 1.29 is 42.1 Å². The Morgan fingerprint density at radius 1 is 1.21 bits per heavy atom. The minimum absolute atomic E-state index is 0.0817. The van der Waals surface area contributed by atoms with E-state index in [1.54, 1.807) is 49.4 Å². The number of pyridine rings is 2. The Bertz CT molecular complexity index is 1900. The van der Waals surface area contributed by atoms with Crippen molar-refractivity contribution in [3.8, 4) is 11.3 Å². The molecular formula is C33H33F3N6O6. The van der Waals surface area contributed by atoms with Crippen LogP contribution in [0.5, 0.6) is 0 Å². The van der Waals surface area contributed by atoms with Crippen LogP contribution >= 0.6 is 0 Å². The lowest BCUT2D eigenvalue weighted by atomic mass is 9.96. The second kappa shape index (κ2) is 12.8. The van der Waals surface area contributed by atoms with Gasteiger partial charge in [-0.1, -0.05) is 12.1 Å². The number of halogens is 3. The zero-order chi connectivity index (χ0) is 34.3. The fourth-order valence-corrected chi connectivity index (χ4v) is 5.95. The molecule has 1 unspecified atom stereocenters. The number of anilines is 2. The number of hydrogen-bond donors (Lipinski definition) is 2. The summed E-state index contributed by atoms with van der Waals surface area (Å²) in [6.45, 7) is 4.44. The van der Waals surface area contributed by atoms with Gasteiger partial charge in [0.15, 0.2) is 0 Å². The quantitative estimate of drug-likeness (QED) is 0.218. The van der Waals surface area contributed by atoms with E-state index in [0.29, 0.717) is 52.7 Å². The highest BCUT2D eigenvalue weighted by Gasteiger charge is 2.37. The molecule has 3 aromatic heterocycles. The Hall–Kier alpha value is -5.18. The number of imide groups is 1. The summed E-state index contributed by atoms with van der Waals surface area (Å²) in [5.41, 5.74) is 2.29. The third-order valence-electron chi connectivity index (χ3n) is 8.06. The van der Waals surface area contributed by atoms with Gasteiger partial charge in [0, 0.05) is 30.4 Å². The maximum absolute atomic E-state index is 13.8. The molecule has 6 rings (SSSR count). The predicted molar refractivity (Wildman–Crippen MR) is 167 cm³/mol. The molecule has 0 aliphatic carbocycles. The second-order valence-corrected chi connectivity index (χ2v) is 12.6. The van der Waals surface area contributed by atoms with Crippen molar-refractivity contribution in [1.82, 2.24) is 24.2 Å². The van der Waals surface area contributed by atoms with Gasteiger partial charge >= 0.3 is 12.2 Å². The van der Waals surface area contributed by atoms with Gasteiger partial charge in [0.05, 0.1) is 55.1 Å². The van der Waals surface area contributed by atoms with Crippen LogP contribution in [0.15, 0.2) is 48.8 Å². The van der Waals surface area contributed by atoms with Crippen LogP contribution in [0.25, 0.3) is 16.9 Å².